The van der Waals surface area contributed by atoms with Crippen molar-refractivity contribution < 1.29 is 28.2 Å². The highest BCUT2D eigenvalue weighted by Gasteiger charge is 2.37. The molecule has 1 saturated heterocycles. The van der Waals surface area contributed by atoms with Gasteiger partial charge in [-0.25, -0.2) is 13.8 Å². The van der Waals surface area contributed by atoms with Gasteiger partial charge in [0, 0.05) is 56.1 Å². The van der Waals surface area contributed by atoms with E-state index in [-0.39, 0.29) is 43.3 Å². The van der Waals surface area contributed by atoms with Crippen molar-refractivity contribution in [2.75, 3.05) is 38.9 Å². The summed E-state index contributed by atoms with van der Waals surface area (Å²) in [5, 5.41) is 9.50. The Morgan fingerprint density at radius 1 is 1.28 bits per heavy atom. The van der Waals surface area contributed by atoms with E-state index in [0.29, 0.717) is 0 Å². The SMILES string of the molecule is COCC(CO)n1ccnc(N2C[C@@H](c3c(F)cc(OC)cc3F)CC2=O)c1=O. The number of ether oxygens (including phenoxy) is 2. The topological polar surface area (TPSA) is 93.9 Å². The van der Waals surface area contributed by atoms with Gasteiger partial charge in [-0.1, -0.05) is 0 Å². The number of methoxy groups -OCH3 is 2. The summed E-state index contributed by atoms with van der Waals surface area (Å²) in [6.45, 7) is -0.367. The van der Waals surface area contributed by atoms with Crippen LogP contribution in [0.3, 0.4) is 0 Å². The van der Waals surface area contributed by atoms with Crippen LogP contribution < -0.4 is 15.2 Å². The summed E-state index contributed by atoms with van der Waals surface area (Å²) in [5.41, 5.74) is -0.834. The van der Waals surface area contributed by atoms with E-state index >= 15 is 0 Å². The van der Waals surface area contributed by atoms with E-state index in [2.05, 4.69) is 4.98 Å². The van der Waals surface area contributed by atoms with Crippen LogP contribution in [0.25, 0.3) is 0 Å². The second-order valence-corrected chi connectivity index (χ2v) is 6.67. The maximum absolute atomic E-state index is 14.4. The fourth-order valence-corrected chi connectivity index (χ4v) is 3.47. The third-order valence-corrected chi connectivity index (χ3v) is 4.89. The third-order valence-electron chi connectivity index (χ3n) is 4.89. The molecule has 1 fully saturated rings. The van der Waals surface area contributed by atoms with Gasteiger partial charge in [-0.2, -0.15) is 0 Å². The first kappa shape index (κ1) is 20.9. The smallest absolute Gasteiger partial charge is 0.294 e. The van der Waals surface area contributed by atoms with Crippen LogP contribution >= 0.6 is 0 Å². The Hall–Kier alpha value is -2.85. The van der Waals surface area contributed by atoms with Crippen molar-refractivity contribution in [3.8, 4) is 5.75 Å². The molecule has 0 spiro atoms. The van der Waals surface area contributed by atoms with E-state index in [4.69, 9.17) is 9.47 Å². The molecule has 2 heterocycles. The molecule has 0 saturated carbocycles. The Kier molecular flexibility index (Phi) is 6.23. The minimum Gasteiger partial charge on any atom is -0.497 e. The molecule has 1 amide bonds. The number of carbonyl (C=O) groups excluding carboxylic acids is 1. The highest BCUT2D eigenvalue weighted by atomic mass is 19.1. The molecule has 156 valence electrons. The highest BCUT2D eigenvalue weighted by molar-refractivity contribution is 5.95. The fraction of sp³-hybridized carbons (Fsp3) is 0.421. The lowest BCUT2D eigenvalue weighted by molar-refractivity contribution is -0.117. The molecule has 1 aliphatic heterocycles. The molecule has 1 unspecified atom stereocenters. The van der Waals surface area contributed by atoms with Crippen LogP contribution in [0.4, 0.5) is 14.6 Å². The zero-order valence-electron chi connectivity index (χ0n) is 16.0. The van der Waals surface area contributed by atoms with Crippen molar-refractivity contribution in [3.63, 3.8) is 0 Å². The van der Waals surface area contributed by atoms with Crippen LogP contribution in [0.15, 0.2) is 29.3 Å². The summed E-state index contributed by atoms with van der Waals surface area (Å²) in [4.78, 5) is 30.4. The average Bonchev–Trinajstić information content (AvgIpc) is 3.06. The van der Waals surface area contributed by atoms with Gasteiger partial charge in [-0.15, -0.1) is 0 Å². The minimum absolute atomic E-state index is 0.0331. The molecule has 0 aliphatic carbocycles. The van der Waals surface area contributed by atoms with Crippen LogP contribution in [-0.2, 0) is 9.53 Å². The largest absolute Gasteiger partial charge is 0.497 e. The monoisotopic (exact) mass is 409 g/mol. The van der Waals surface area contributed by atoms with Crippen molar-refractivity contribution in [3.05, 3.63) is 52.1 Å². The maximum atomic E-state index is 14.4. The number of hydrogen-bond acceptors (Lipinski definition) is 6. The Morgan fingerprint density at radius 2 is 1.97 bits per heavy atom. The van der Waals surface area contributed by atoms with E-state index in [9.17, 15) is 23.5 Å². The second-order valence-electron chi connectivity index (χ2n) is 6.67. The van der Waals surface area contributed by atoms with Gasteiger partial charge in [0.15, 0.2) is 0 Å². The molecule has 1 aromatic carbocycles. The molecular weight excluding hydrogens is 388 g/mol. The Balaban J connectivity index is 1.93. The van der Waals surface area contributed by atoms with Crippen LogP contribution in [0.1, 0.15) is 23.9 Å². The number of halogens is 2. The number of aliphatic hydroxyl groups is 1. The average molecular weight is 409 g/mol. The van der Waals surface area contributed by atoms with E-state index in [0.717, 1.165) is 17.0 Å². The van der Waals surface area contributed by atoms with Gasteiger partial charge in [0.05, 0.1) is 26.4 Å². The molecule has 3 rings (SSSR count). The number of aliphatic hydroxyl groups excluding tert-OH is 1. The number of hydrogen-bond donors (Lipinski definition) is 1. The van der Waals surface area contributed by atoms with Crippen molar-refractivity contribution in [2.45, 2.75) is 18.4 Å². The van der Waals surface area contributed by atoms with Gasteiger partial charge in [-0.05, 0) is 0 Å². The standard InChI is InChI=1S/C19H21F2N3O5/c1-28-10-12(9-25)23-4-3-22-18(19(23)27)24-8-11(5-16(24)26)17-14(20)6-13(29-2)7-15(17)21/h3-4,6-7,11-12,25H,5,8-10H2,1-2H3/t11-,12?/m0/s1. The minimum atomic E-state index is -0.819. The Bertz CT molecular complexity index is 942. The number of carbonyl (C=O) groups is 1. The summed E-state index contributed by atoms with van der Waals surface area (Å²) in [7, 11) is 2.73. The lowest BCUT2D eigenvalue weighted by Gasteiger charge is -2.20. The number of amides is 1. The number of anilines is 1. The van der Waals surface area contributed by atoms with Crippen molar-refractivity contribution in [1.29, 1.82) is 0 Å². The first-order valence-electron chi connectivity index (χ1n) is 8.91. The van der Waals surface area contributed by atoms with Crippen LogP contribution in [-0.4, -0.2) is 54.5 Å². The molecule has 2 atom stereocenters. The summed E-state index contributed by atoms with van der Waals surface area (Å²) in [5.74, 6) is -3.02. The van der Waals surface area contributed by atoms with Crippen LogP contribution in [0.5, 0.6) is 5.75 Å². The van der Waals surface area contributed by atoms with Gasteiger partial charge in [-0.3, -0.25) is 14.5 Å². The Labute approximate surface area is 165 Å². The predicted molar refractivity (Wildman–Crippen MR) is 99.1 cm³/mol. The zero-order chi connectivity index (χ0) is 21.1. The second kappa shape index (κ2) is 8.66. The number of benzene rings is 1. The number of aromatic nitrogens is 2. The van der Waals surface area contributed by atoms with Crippen LogP contribution in [0, 0.1) is 11.6 Å². The molecule has 0 bridgehead atoms. The number of nitrogens with zero attached hydrogens (tertiary/aromatic N) is 3. The van der Waals surface area contributed by atoms with Gasteiger partial charge in [0.2, 0.25) is 11.7 Å². The first-order chi connectivity index (χ1) is 13.9. The van der Waals surface area contributed by atoms with E-state index in [1.165, 1.54) is 31.2 Å². The fourth-order valence-electron chi connectivity index (χ4n) is 3.47. The zero-order valence-corrected chi connectivity index (χ0v) is 16.0. The van der Waals surface area contributed by atoms with Crippen LogP contribution in [0.2, 0.25) is 0 Å². The van der Waals surface area contributed by atoms with Crippen molar-refractivity contribution in [1.82, 2.24) is 9.55 Å². The van der Waals surface area contributed by atoms with Gasteiger partial charge in [0.1, 0.15) is 17.4 Å². The van der Waals surface area contributed by atoms with E-state index in [1.807, 2.05) is 0 Å². The van der Waals surface area contributed by atoms with Gasteiger partial charge < -0.3 is 19.1 Å². The first-order valence-corrected chi connectivity index (χ1v) is 8.91. The summed E-state index contributed by atoms with van der Waals surface area (Å²) in [6.07, 6.45) is 2.54. The molecule has 1 aromatic heterocycles. The molecule has 0 radical (unpaired) electrons. The predicted octanol–water partition coefficient (Wildman–Crippen LogP) is 1.23. The molecule has 1 N–H and O–H groups in total. The normalized spacial score (nSPS) is 17.6. The lowest BCUT2D eigenvalue weighted by atomic mass is 9.97. The maximum Gasteiger partial charge on any atom is 0.294 e. The van der Waals surface area contributed by atoms with Gasteiger partial charge in [0.25, 0.3) is 5.56 Å². The molecule has 2 aromatic rings. The lowest BCUT2D eigenvalue weighted by Crippen LogP contribution is -2.37. The van der Waals surface area contributed by atoms with E-state index in [1.54, 1.807) is 0 Å². The third kappa shape index (κ3) is 3.99. The molecule has 29 heavy (non-hydrogen) atoms. The molecule has 1 aliphatic rings. The summed E-state index contributed by atoms with van der Waals surface area (Å²) < 4.78 is 39.9. The summed E-state index contributed by atoms with van der Waals surface area (Å²) in [6, 6.07) is 1.45. The van der Waals surface area contributed by atoms with Crippen molar-refractivity contribution >= 4 is 11.7 Å². The quantitative estimate of drug-likeness (QED) is 0.739. The Morgan fingerprint density at radius 3 is 2.55 bits per heavy atom. The van der Waals surface area contributed by atoms with E-state index < -0.39 is 35.1 Å². The highest BCUT2D eigenvalue weighted by Crippen LogP contribution is 2.34. The summed E-state index contributed by atoms with van der Waals surface area (Å²) >= 11 is 0. The molecule has 8 nitrogen and oxygen atoms in total. The van der Waals surface area contributed by atoms with Gasteiger partial charge >= 0.3 is 0 Å². The molecule has 10 heteroatoms. The number of rotatable bonds is 7. The van der Waals surface area contributed by atoms with Crippen molar-refractivity contribution in [2.24, 2.45) is 0 Å². The molecular formula is C19H21F2N3O5.